The number of halogens is 1. The highest BCUT2D eigenvalue weighted by Gasteiger charge is 2.14. The van der Waals surface area contributed by atoms with Crippen molar-refractivity contribution in [3.63, 3.8) is 0 Å². The number of nitro groups is 1. The molecule has 17 heavy (non-hydrogen) atoms. The Labute approximate surface area is 105 Å². The van der Waals surface area contributed by atoms with Crippen LogP contribution in [0.2, 0.25) is 0 Å². The summed E-state index contributed by atoms with van der Waals surface area (Å²) in [7, 11) is 0. The molecule has 94 valence electrons. The molecule has 0 bridgehead atoms. The number of amides is 1. The van der Waals surface area contributed by atoms with Gasteiger partial charge in [-0.25, -0.2) is 0 Å². The van der Waals surface area contributed by atoms with Crippen LogP contribution in [0.3, 0.4) is 0 Å². The lowest BCUT2D eigenvalue weighted by atomic mass is 10.1. The van der Waals surface area contributed by atoms with Gasteiger partial charge in [0.1, 0.15) is 0 Å². The van der Waals surface area contributed by atoms with Gasteiger partial charge in [0.05, 0.1) is 4.92 Å². The van der Waals surface area contributed by atoms with Gasteiger partial charge in [-0.15, -0.1) is 12.4 Å². The van der Waals surface area contributed by atoms with E-state index in [4.69, 9.17) is 5.73 Å². The lowest BCUT2D eigenvalue weighted by Crippen LogP contribution is -2.29. The Morgan fingerprint density at radius 2 is 2.18 bits per heavy atom. The van der Waals surface area contributed by atoms with Crippen LogP contribution in [0.15, 0.2) is 18.2 Å². The van der Waals surface area contributed by atoms with Crippen molar-refractivity contribution in [3.8, 4) is 0 Å². The molecule has 1 aromatic carbocycles. The molecule has 0 fully saturated rings. The van der Waals surface area contributed by atoms with Crippen LogP contribution in [-0.2, 0) is 0 Å². The van der Waals surface area contributed by atoms with Gasteiger partial charge in [-0.3, -0.25) is 14.9 Å². The Bertz CT molecular complexity index is 423. The van der Waals surface area contributed by atoms with E-state index in [0.29, 0.717) is 18.7 Å². The van der Waals surface area contributed by atoms with Crippen molar-refractivity contribution in [2.75, 3.05) is 13.1 Å². The summed E-state index contributed by atoms with van der Waals surface area (Å²) in [5.74, 6) is -0.353. The first-order valence-corrected chi connectivity index (χ1v) is 4.79. The van der Waals surface area contributed by atoms with Gasteiger partial charge in [-0.05, 0) is 13.0 Å². The SMILES string of the molecule is Cc1ccc(C(=O)NCCN)cc1[N+](=O)[O-].Cl. The third kappa shape index (κ3) is 4.01. The van der Waals surface area contributed by atoms with E-state index in [1.165, 1.54) is 6.07 Å². The zero-order valence-corrected chi connectivity index (χ0v) is 10.1. The number of nitrogens with one attached hydrogen (secondary N) is 1. The van der Waals surface area contributed by atoms with E-state index < -0.39 is 4.92 Å². The molecule has 0 radical (unpaired) electrons. The number of carbonyl (C=O) groups excluding carboxylic acids is 1. The average Bonchev–Trinajstić information content (AvgIpc) is 2.26. The molecular weight excluding hydrogens is 246 g/mol. The van der Waals surface area contributed by atoms with Gasteiger partial charge in [0.25, 0.3) is 11.6 Å². The number of nitrogens with zero attached hydrogens (tertiary/aromatic N) is 1. The minimum Gasteiger partial charge on any atom is -0.351 e. The van der Waals surface area contributed by atoms with Crippen molar-refractivity contribution in [1.82, 2.24) is 5.32 Å². The molecule has 0 heterocycles. The molecule has 0 unspecified atom stereocenters. The molecule has 0 aliphatic carbocycles. The molecule has 1 amide bonds. The van der Waals surface area contributed by atoms with E-state index in [9.17, 15) is 14.9 Å². The van der Waals surface area contributed by atoms with Crippen molar-refractivity contribution in [2.45, 2.75) is 6.92 Å². The minimum absolute atomic E-state index is 0. The van der Waals surface area contributed by atoms with Gasteiger partial charge >= 0.3 is 0 Å². The Balaban J connectivity index is 0.00000256. The van der Waals surface area contributed by atoms with Crippen LogP contribution in [-0.4, -0.2) is 23.9 Å². The molecule has 1 rings (SSSR count). The fraction of sp³-hybridized carbons (Fsp3) is 0.300. The maximum Gasteiger partial charge on any atom is 0.273 e. The number of nitrogens with two attached hydrogens (primary N) is 1. The second-order valence-corrected chi connectivity index (χ2v) is 3.30. The van der Waals surface area contributed by atoms with E-state index in [2.05, 4.69) is 5.32 Å². The summed E-state index contributed by atoms with van der Waals surface area (Å²) in [5, 5.41) is 13.2. The van der Waals surface area contributed by atoms with E-state index in [0.717, 1.165) is 0 Å². The highest BCUT2D eigenvalue weighted by atomic mass is 35.5. The fourth-order valence-electron chi connectivity index (χ4n) is 1.24. The molecule has 0 saturated heterocycles. The topological polar surface area (TPSA) is 98.3 Å². The number of hydrogen-bond donors (Lipinski definition) is 2. The molecule has 0 aliphatic rings. The lowest BCUT2D eigenvalue weighted by molar-refractivity contribution is -0.385. The Morgan fingerprint density at radius 3 is 2.71 bits per heavy atom. The molecule has 0 saturated carbocycles. The number of aryl methyl sites for hydroxylation is 1. The van der Waals surface area contributed by atoms with Crippen molar-refractivity contribution in [2.24, 2.45) is 5.73 Å². The van der Waals surface area contributed by atoms with Crippen molar-refractivity contribution >= 4 is 24.0 Å². The smallest absolute Gasteiger partial charge is 0.273 e. The van der Waals surface area contributed by atoms with Crippen LogP contribution in [0.5, 0.6) is 0 Å². The molecule has 0 atom stereocenters. The second-order valence-electron chi connectivity index (χ2n) is 3.30. The van der Waals surface area contributed by atoms with Crippen LogP contribution in [0.1, 0.15) is 15.9 Å². The molecule has 1 aromatic rings. The van der Waals surface area contributed by atoms with Gasteiger partial charge in [0.15, 0.2) is 0 Å². The first-order valence-electron chi connectivity index (χ1n) is 4.79. The zero-order chi connectivity index (χ0) is 12.1. The summed E-state index contributed by atoms with van der Waals surface area (Å²) in [5.41, 5.74) is 5.98. The number of hydrogen-bond acceptors (Lipinski definition) is 4. The first-order chi connectivity index (χ1) is 7.56. The van der Waals surface area contributed by atoms with Gasteiger partial charge in [-0.2, -0.15) is 0 Å². The summed E-state index contributed by atoms with van der Waals surface area (Å²) >= 11 is 0. The average molecular weight is 260 g/mol. The van der Waals surface area contributed by atoms with Gasteiger partial charge in [0, 0.05) is 30.3 Å². The predicted octanol–water partition coefficient (Wildman–Crippen LogP) is 1.01. The standard InChI is InChI=1S/C10H13N3O3.ClH/c1-7-2-3-8(6-9(7)13(15)16)10(14)12-5-4-11;/h2-3,6H,4-5,11H2,1H3,(H,12,14);1H. The number of rotatable bonds is 4. The zero-order valence-electron chi connectivity index (χ0n) is 9.30. The van der Waals surface area contributed by atoms with E-state index in [-0.39, 0.29) is 29.6 Å². The maximum atomic E-state index is 11.5. The van der Waals surface area contributed by atoms with E-state index in [1.807, 2.05) is 0 Å². The second kappa shape index (κ2) is 6.82. The van der Waals surface area contributed by atoms with Crippen LogP contribution < -0.4 is 11.1 Å². The summed E-state index contributed by atoms with van der Waals surface area (Å²) in [6.07, 6.45) is 0. The Hall–Kier alpha value is -1.66. The monoisotopic (exact) mass is 259 g/mol. The number of benzene rings is 1. The Morgan fingerprint density at radius 1 is 1.53 bits per heavy atom. The minimum atomic E-state index is -0.505. The highest BCUT2D eigenvalue weighted by Crippen LogP contribution is 2.18. The molecule has 3 N–H and O–H groups in total. The lowest BCUT2D eigenvalue weighted by Gasteiger charge is -2.04. The quantitative estimate of drug-likeness (QED) is 0.623. The van der Waals surface area contributed by atoms with Crippen LogP contribution >= 0.6 is 12.4 Å². The normalized spacial score (nSPS) is 9.29. The fourth-order valence-corrected chi connectivity index (χ4v) is 1.24. The van der Waals surface area contributed by atoms with Crippen LogP contribution in [0.25, 0.3) is 0 Å². The maximum absolute atomic E-state index is 11.5. The molecule has 0 spiro atoms. The van der Waals surface area contributed by atoms with Crippen LogP contribution in [0, 0.1) is 17.0 Å². The van der Waals surface area contributed by atoms with Crippen molar-refractivity contribution in [3.05, 3.63) is 39.4 Å². The van der Waals surface area contributed by atoms with Gasteiger partial charge < -0.3 is 11.1 Å². The van der Waals surface area contributed by atoms with Crippen LogP contribution in [0.4, 0.5) is 5.69 Å². The number of carbonyl (C=O) groups is 1. The molecular formula is C10H14ClN3O3. The predicted molar refractivity (Wildman–Crippen MR) is 66.5 cm³/mol. The molecule has 0 aliphatic heterocycles. The van der Waals surface area contributed by atoms with Crippen molar-refractivity contribution < 1.29 is 9.72 Å². The Kier molecular flexibility index (Phi) is 6.16. The first kappa shape index (κ1) is 15.3. The summed E-state index contributed by atoms with van der Waals surface area (Å²) in [6, 6.07) is 4.37. The van der Waals surface area contributed by atoms with E-state index in [1.54, 1.807) is 19.1 Å². The molecule has 6 nitrogen and oxygen atoms in total. The highest BCUT2D eigenvalue weighted by molar-refractivity contribution is 5.94. The summed E-state index contributed by atoms with van der Waals surface area (Å²) < 4.78 is 0. The van der Waals surface area contributed by atoms with Crippen molar-refractivity contribution in [1.29, 1.82) is 0 Å². The van der Waals surface area contributed by atoms with E-state index >= 15 is 0 Å². The third-order valence-electron chi connectivity index (χ3n) is 2.10. The largest absolute Gasteiger partial charge is 0.351 e. The summed E-state index contributed by atoms with van der Waals surface area (Å²) in [4.78, 5) is 21.7. The number of nitro benzene ring substituents is 1. The third-order valence-corrected chi connectivity index (χ3v) is 2.10. The molecule has 7 heteroatoms. The van der Waals surface area contributed by atoms with Gasteiger partial charge in [-0.1, -0.05) is 6.07 Å². The molecule has 0 aromatic heterocycles. The summed E-state index contributed by atoms with van der Waals surface area (Å²) in [6.45, 7) is 2.31. The van der Waals surface area contributed by atoms with Gasteiger partial charge in [0.2, 0.25) is 0 Å².